The standard InChI is InChI=1S/C16H24N2O/c1-16(2,3)11-18(4)14(9-17)13-10-19-15-8-6-5-7-12(13)15/h5-8,10,14H,9,11,17H2,1-4H3. The molecule has 1 heterocycles. The molecule has 3 nitrogen and oxygen atoms in total. The van der Waals surface area contributed by atoms with Gasteiger partial charge in [-0.05, 0) is 18.5 Å². The molecule has 1 atom stereocenters. The fourth-order valence-electron chi connectivity index (χ4n) is 2.66. The second-order valence-electron chi connectivity index (χ2n) is 6.41. The molecular formula is C16H24N2O. The van der Waals surface area contributed by atoms with Crippen molar-refractivity contribution in [2.75, 3.05) is 20.1 Å². The highest BCUT2D eigenvalue weighted by atomic mass is 16.3. The second kappa shape index (κ2) is 5.35. The number of fused-ring (bicyclic) bond motifs is 1. The van der Waals surface area contributed by atoms with E-state index in [1.807, 2.05) is 24.5 Å². The van der Waals surface area contributed by atoms with E-state index in [1.165, 1.54) is 10.9 Å². The van der Waals surface area contributed by atoms with Crippen LogP contribution in [0.1, 0.15) is 32.4 Å². The Morgan fingerprint density at radius 1 is 1.26 bits per heavy atom. The first-order valence-corrected chi connectivity index (χ1v) is 6.79. The van der Waals surface area contributed by atoms with E-state index in [4.69, 9.17) is 10.2 Å². The zero-order valence-corrected chi connectivity index (χ0v) is 12.3. The molecular weight excluding hydrogens is 236 g/mol. The molecule has 0 aliphatic rings. The summed E-state index contributed by atoms with van der Waals surface area (Å²) in [5.41, 5.74) is 8.36. The van der Waals surface area contributed by atoms with Gasteiger partial charge in [-0.2, -0.15) is 0 Å². The average molecular weight is 260 g/mol. The summed E-state index contributed by atoms with van der Waals surface area (Å²) in [6.45, 7) is 8.31. The minimum Gasteiger partial charge on any atom is -0.464 e. The lowest BCUT2D eigenvalue weighted by Crippen LogP contribution is -2.36. The maximum atomic E-state index is 5.99. The van der Waals surface area contributed by atoms with E-state index < -0.39 is 0 Å². The molecule has 1 aromatic carbocycles. The van der Waals surface area contributed by atoms with Crippen LogP contribution in [0, 0.1) is 5.41 Å². The highest BCUT2D eigenvalue weighted by Gasteiger charge is 2.23. The summed E-state index contributed by atoms with van der Waals surface area (Å²) in [6.07, 6.45) is 1.85. The van der Waals surface area contributed by atoms with Crippen LogP contribution in [-0.2, 0) is 0 Å². The number of para-hydroxylation sites is 1. The fourth-order valence-corrected chi connectivity index (χ4v) is 2.66. The Kier molecular flexibility index (Phi) is 3.97. The molecule has 0 aliphatic carbocycles. The molecule has 0 saturated carbocycles. The smallest absolute Gasteiger partial charge is 0.134 e. The Bertz CT molecular complexity index is 539. The third-order valence-electron chi connectivity index (χ3n) is 3.35. The molecule has 2 rings (SSSR count). The molecule has 1 unspecified atom stereocenters. The van der Waals surface area contributed by atoms with Gasteiger partial charge in [0.15, 0.2) is 0 Å². The van der Waals surface area contributed by atoms with Crippen LogP contribution in [0.5, 0.6) is 0 Å². The van der Waals surface area contributed by atoms with Crippen LogP contribution in [0.3, 0.4) is 0 Å². The van der Waals surface area contributed by atoms with Gasteiger partial charge in [0, 0.05) is 24.0 Å². The largest absolute Gasteiger partial charge is 0.464 e. The van der Waals surface area contributed by atoms with Gasteiger partial charge in [0.1, 0.15) is 5.58 Å². The Hall–Kier alpha value is -1.32. The SMILES string of the molecule is CN(CC(C)(C)C)C(CN)c1coc2ccccc12. The van der Waals surface area contributed by atoms with Crippen molar-refractivity contribution in [2.24, 2.45) is 11.1 Å². The minimum atomic E-state index is 0.197. The predicted molar refractivity (Wildman–Crippen MR) is 80.1 cm³/mol. The lowest BCUT2D eigenvalue weighted by Gasteiger charge is -2.32. The molecule has 0 amide bonds. The molecule has 104 valence electrons. The fraction of sp³-hybridized carbons (Fsp3) is 0.500. The van der Waals surface area contributed by atoms with Gasteiger partial charge in [0.2, 0.25) is 0 Å². The summed E-state index contributed by atoms with van der Waals surface area (Å²) >= 11 is 0. The number of hydrogen-bond donors (Lipinski definition) is 1. The number of rotatable bonds is 4. The van der Waals surface area contributed by atoms with Crippen LogP contribution >= 0.6 is 0 Å². The molecule has 0 bridgehead atoms. The molecule has 0 spiro atoms. The molecule has 0 radical (unpaired) electrons. The summed E-state index contributed by atoms with van der Waals surface area (Å²) in [6, 6.07) is 8.32. The van der Waals surface area contributed by atoms with E-state index >= 15 is 0 Å². The summed E-state index contributed by atoms with van der Waals surface area (Å²) < 4.78 is 5.63. The van der Waals surface area contributed by atoms with Crippen LogP contribution in [0.4, 0.5) is 0 Å². The summed E-state index contributed by atoms with van der Waals surface area (Å²) in [7, 11) is 2.13. The van der Waals surface area contributed by atoms with Gasteiger partial charge in [0.25, 0.3) is 0 Å². The highest BCUT2D eigenvalue weighted by molar-refractivity contribution is 5.81. The van der Waals surface area contributed by atoms with Crippen molar-refractivity contribution in [3.8, 4) is 0 Å². The Morgan fingerprint density at radius 2 is 1.95 bits per heavy atom. The Morgan fingerprint density at radius 3 is 2.58 bits per heavy atom. The third kappa shape index (κ3) is 3.17. The van der Waals surface area contributed by atoms with E-state index in [-0.39, 0.29) is 11.5 Å². The molecule has 0 saturated heterocycles. The van der Waals surface area contributed by atoms with E-state index in [0.29, 0.717) is 6.54 Å². The first-order chi connectivity index (χ1) is 8.92. The number of furan rings is 1. The third-order valence-corrected chi connectivity index (χ3v) is 3.35. The van der Waals surface area contributed by atoms with Crippen LogP contribution in [0.2, 0.25) is 0 Å². The van der Waals surface area contributed by atoms with E-state index in [0.717, 1.165) is 12.1 Å². The van der Waals surface area contributed by atoms with Gasteiger partial charge >= 0.3 is 0 Å². The van der Waals surface area contributed by atoms with Gasteiger partial charge in [-0.25, -0.2) is 0 Å². The van der Waals surface area contributed by atoms with Gasteiger partial charge in [-0.15, -0.1) is 0 Å². The number of benzene rings is 1. The van der Waals surface area contributed by atoms with Crippen molar-refractivity contribution in [1.82, 2.24) is 4.90 Å². The zero-order chi connectivity index (χ0) is 14.0. The molecule has 0 fully saturated rings. The highest BCUT2D eigenvalue weighted by Crippen LogP contribution is 2.30. The van der Waals surface area contributed by atoms with Crippen LogP contribution in [0.15, 0.2) is 34.9 Å². The van der Waals surface area contributed by atoms with Gasteiger partial charge in [-0.1, -0.05) is 39.0 Å². The summed E-state index contributed by atoms with van der Waals surface area (Å²) in [4.78, 5) is 2.32. The first kappa shape index (κ1) is 14.1. The minimum absolute atomic E-state index is 0.197. The number of nitrogens with two attached hydrogens (primary N) is 1. The molecule has 2 aromatic rings. The molecule has 1 aromatic heterocycles. The van der Waals surface area contributed by atoms with E-state index in [2.05, 4.69) is 38.8 Å². The van der Waals surface area contributed by atoms with Gasteiger partial charge in [0.05, 0.1) is 12.3 Å². The lowest BCUT2D eigenvalue weighted by atomic mass is 9.94. The quantitative estimate of drug-likeness (QED) is 0.916. The van der Waals surface area contributed by atoms with Crippen LogP contribution in [-0.4, -0.2) is 25.0 Å². The van der Waals surface area contributed by atoms with Crippen molar-refractivity contribution >= 4 is 11.0 Å². The normalized spacial score (nSPS) is 14.2. The van der Waals surface area contributed by atoms with Crippen molar-refractivity contribution in [2.45, 2.75) is 26.8 Å². The average Bonchev–Trinajstić information content (AvgIpc) is 2.72. The van der Waals surface area contributed by atoms with Gasteiger partial charge < -0.3 is 10.2 Å². The van der Waals surface area contributed by atoms with Crippen molar-refractivity contribution in [1.29, 1.82) is 0 Å². The second-order valence-corrected chi connectivity index (χ2v) is 6.41. The van der Waals surface area contributed by atoms with Gasteiger partial charge in [-0.3, -0.25) is 4.90 Å². The predicted octanol–water partition coefficient (Wildman–Crippen LogP) is 3.41. The lowest BCUT2D eigenvalue weighted by molar-refractivity contribution is 0.176. The Labute approximate surface area is 115 Å². The molecule has 0 aliphatic heterocycles. The maximum Gasteiger partial charge on any atom is 0.134 e. The molecule has 3 heteroatoms. The maximum absolute atomic E-state index is 5.99. The zero-order valence-electron chi connectivity index (χ0n) is 12.3. The van der Waals surface area contributed by atoms with E-state index in [9.17, 15) is 0 Å². The van der Waals surface area contributed by atoms with Crippen molar-refractivity contribution < 1.29 is 4.42 Å². The number of likely N-dealkylation sites (N-methyl/N-ethyl adjacent to an activating group) is 1. The molecule has 2 N–H and O–H groups in total. The Balaban J connectivity index is 2.31. The summed E-state index contributed by atoms with van der Waals surface area (Å²) in [5, 5.41) is 1.17. The van der Waals surface area contributed by atoms with Crippen LogP contribution < -0.4 is 5.73 Å². The van der Waals surface area contributed by atoms with Crippen molar-refractivity contribution in [3.05, 3.63) is 36.1 Å². The van der Waals surface area contributed by atoms with E-state index in [1.54, 1.807) is 0 Å². The molecule has 19 heavy (non-hydrogen) atoms. The monoisotopic (exact) mass is 260 g/mol. The van der Waals surface area contributed by atoms with Crippen molar-refractivity contribution in [3.63, 3.8) is 0 Å². The first-order valence-electron chi connectivity index (χ1n) is 6.79. The van der Waals surface area contributed by atoms with Crippen LogP contribution in [0.25, 0.3) is 11.0 Å². The summed E-state index contributed by atoms with van der Waals surface area (Å²) in [5.74, 6) is 0. The topological polar surface area (TPSA) is 42.4 Å². The number of hydrogen-bond acceptors (Lipinski definition) is 3. The number of nitrogens with zero attached hydrogens (tertiary/aromatic N) is 1.